The van der Waals surface area contributed by atoms with E-state index in [0.29, 0.717) is 5.39 Å². The Bertz CT molecular complexity index is 1540. The number of aromatic nitrogens is 4. The summed E-state index contributed by atoms with van der Waals surface area (Å²) < 4.78 is 68.4. The molecule has 2 aromatic carbocycles. The van der Waals surface area contributed by atoms with Gasteiger partial charge < -0.3 is 14.6 Å². The zero-order valence-corrected chi connectivity index (χ0v) is 21.1. The van der Waals surface area contributed by atoms with Crippen LogP contribution in [-0.2, 0) is 27.5 Å². The van der Waals surface area contributed by atoms with Gasteiger partial charge in [0.05, 0.1) is 18.6 Å². The highest BCUT2D eigenvalue weighted by Gasteiger charge is 2.18. The largest absolute Gasteiger partial charge is 0.484 e. The summed E-state index contributed by atoms with van der Waals surface area (Å²) in [6.45, 7) is 0.0191. The fourth-order valence-electron chi connectivity index (χ4n) is 3.30. The first-order chi connectivity index (χ1) is 18.3. The summed E-state index contributed by atoms with van der Waals surface area (Å²) in [5, 5.41) is 14.4. The maximum absolute atomic E-state index is 14.3. The number of halogens is 2. The van der Waals surface area contributed by atoms with Gasteiger partial charge in [-0.1, -0.05) is 30.3 Å². The van der Waals surface area contributed by atoms with Crippen LogP contribution in [0.4, 0.5) is 8.78 Å². The highest BCUT2D eigenvalue weighted by atomic mass is 32.2. The van der Waals surface area contributed by atoms with Gasteiger partial charge in [-0.05, 0) is 30.7 Å². The molecule has 0 radical (unpaired) electrons. The third-order valence-electron chi connectivity index (χ3n) is 5.22. The van der Waals surface area contributed by atoms with Crippen LogP contribution in [0.1, 0.15) is 18.3 Å². The van der Waals surface area contributed by atoms with Crippen molar-refractivity contribution in [2.75, 3.05) is 19.0 Å². The SMILES string of the molecule is CCS(=O)(=O)OC/C=C(\F)COc1cc(F)ccc1-n1ncc2c(OCc3ccccc3)nc(CO)nc21. The van der Waals surface area contributed by atoms with Crippen molar-refractivity contribution in [1.82, 2.24) is 19.7 Å². The van der Waals surface area contributed by atoms with Crippen molar-refractivity contribution in [3.05, 3.63) is 83.8 Å². The summed E-state index contributed by atoms with van der Waals surface area (Å²) in [4.78, 5) is 8.58. The monoisotopic (exact) mass is 546 g/mol. The van der Waals surface area contributed by atoms with Gasteiger partial charge in [-0.2, -0.15) is 18.5 Å². The van der Waals surface area contributed by atoms with E-state index >= 15 is 0 Å². The molecule has 0 saturated heterocycles. The van der Waals surface area contributed by atoms with Crippen molar-refractivity contribution in [3.8, 4) is 17.3 Å². The summed E-state index contributed by atoms with van der Waals surface area (Å²) in [7, 11) is -3.73. The summed E-state index contributed by atoms with van der Waals surface area (Å²) in [6, 6.07) is 13.0. The van der Waals surface area contributed by atoms with E-state index in [2.05, 4.69) is 19.2 Å². The van der Waals surface area contributed by atoms with E-state index < -0.39 is 41.6 Å². The predicted octanol–water partition coefficient (Wildman–Crippen LogP) is 3.62. The minimum Gasteiger partial charge on any atom is -0.484 e. The Morgan fingerprint density at radius 1 is 1.13 bits per heavy atom. The standard InChI is InChI=1S/C25H24F2N4O6S/c1-2-38(33,34)37-11-10-19(27)16-35-22-12-18(26)8-9-21(22)31-24-20(13-28-31)25(30-23(14-32)29-24)36-15-17-6-4-3-5-7-17/h3-10,12-13,32H,2,11,14-16H2,1H3/b19-10-. The van der Waals surface area contributed by atoms with Crippen LogP contribution >= 0.6 is 0 Å². The molecule has 10 nitrogen and oxygen atoms in total. The lowest BCUT2D eigenvalue weighted by atomic mass is 10.2. The lowest BCUT2D eigenvalue weighted by Gasteiger charge is -2.12. The van der Waals surface area contributed by atoms with Crippen molar-refractivity contribution >= 4 is 21.2 Å². The molecular weight excluding hydrogens is 522 g/mol. The van der Waals surface area contributed by atoms with Gasteiger partial charge >= 0.3 is 0 Å². The van der Waals surface area contributed by atoms with Crippen LogP contribution in [-0.4, -0.2) is 52.2 Å². The third kappa shape index (κ3) is 6.68. The van der Waals surface area contributed by atoms with Gasteiger partial charge in [0.15, 0.2) is 11.5 Å². The molecule has 38 heavy (non-hydrogen) atoms. The molecule has 0 amide bonds. The number of rotatable bonds is 12. The Kier molecular flexibility index (Phi) is 8.61. The van der Waals surface area contributed by atoms with Gasteiger partial charge in [-0.15, -0.1) is 0 Å². The first-order valence-electron chi connectivity index (χ1n) is 11.5. The molecule has 0 bridgehead atoms. The van der Waals surface area contributed by atoms with E-state index in [0.717, 1.165) is 17.7 Å². The zero-order chi connectivity index (χ0) is 27.1. The number of aliphatic hydroxyl groups is 1. The molecular formula is C25H24F2N4O6S. The lowest BCUT2D eigenvalue weighted by molar-refractivity contribution is 0.262. The number of aliphatic hydroxyl groups excluding tert-OH is 1. The molecule has 2 aromatic heterocycles. The molecule has 0 atom stereocenters. The molecule has 0 unspecified atom stereocenters. The van der Waals surface area contributed by atoms with E-state index in [9.17, 15) is 22.3 Å². The van der Waals surface area contributed by atoms with E-state index in [-0.39, 0.29) is 41.1 Å². The van der Waals surface area contributed by atoms with Gasteiger partial charge in [0.2, 0.25) is 5.88 Å². The molecule has 13 heteroatoms. The second-order valence-electron chi connectivity index (χ2n) is 7.85. The highest BCUT2D eigenvalue weighted by molar-refractivity contribution is 7.86. The van der Waals surface area contributed by atoms with Crippen LogP contribution < -0.4 is 9.47 Å². The highest BCUT2D eigenvalue weighted by Crippen LogP contribution is 2.30. The van der Waals surface area contributed by atoms with Crippen molar-refractivity contribution in [1.29, 1.82) is 0 Å². The van der Waals surface area contributed by atoms with E-state index in [1.165, 1.54) is 29.9 Å². The maximum Gasteiger partial charge on any atom is 0.267 e. The minimum atomic E-state index is -3.73. The summed E-state index contributed by atoms with van der Waals surface area (Å²) in [5.41, 5.74) is 1.38. The zero-order valence-electron chi connectivity index (χ0n) is 20.3. The van der Waals surface area contributed by atoms with Crippen LogP contribution in [0.15, 0.2) is 66.6 Å². The molecule has 4 aromatic rings. The topological polar surface area (TPSA) is 126 Å². The second kappa shape index (κ2) is 12.1. The van der Waals surface area contributed by atoms with Gasteiger partial charge in [0.25, 0.3) is 10.1 Å². The summed E-state index contributed by atoms with van der Waals surface area (Å²) in [5.74, 6) is -1.50. The van der Waals surface area contributed by atoms with Crippen LogP contribution in [0.25, 0.3) is 16.7 Å². The number of benzene rings is 2. The lowest BCUT2D eigenvalue weighted by Crippen LogP contribution is -2.09. The smallest absolute Gasteiger partial charge is 0.267 e. The van der Waals surface area contributed by atoms with Crippen molar-refractivity contribution in [2.45, 2.75) is 20.1 Å². The fraction of sp³-hybridized carbons (Fsp3) is 0.240. The Balaban J connectivity index is 1.61. The van der Waals surface area contributed by atoms with E-state index in [1.807, 2.05) is 30.3 Å². The van der Waals surface area contributed by atoms with E-state index in [4.69, 9.17) is 9.47 Å². The molecule has 0 aliphatic rings. The maximum atomic E-state index is 14.3. The predicted molar refractivity (Wildman–Crippen MR) is 133 cm³/mol. The number of fused-ring (bicyclic) bond motifs is 1. The minimum absolute atomic E-state index is 0.0587. The second-order valence-corrected chi connectivity index (χ2v) is 9.78. The van der Waals surface area contributed by atoms with Crippen molar-refractivity contribution < 1.29 is 36.0 Å². The molecule has 1 N–H and O–H groups in total. The normalized spacial score (nSPS) is 12.2. The first-order valence-corrected chi connectivity index (χ1v) is 13.0. The van der Waals surface area contributed by atoms with Crippen LogP contribution in [0, 0.1) is 5.82 Å². The number of hydrogen-bond donors (Lipinski definition) is 1. The Hall–Kier alpha value is -3.94. The van der Waals surface area contributed by atoms with Crippen molar-refractivity contribution in [2.24, 2.45) is 0 Å². The molecule has 200 valence electrons. The molecule has 0 aliphatic heterocycles. The van der Waals surface area contributed by atoms with Crippen LogP contribution in [0.5, 0.6) is 11.6 Å². The summed E-state index contributed by atoms with van der Waals surface area (Å²) >= 11 is 0. The van der Waals surface area contributed by atoms with Crippen molar-refractivity contribution in [3.63, 3.8) is 0 Å². The number of ether oxygens (including phenoxy) is 2. The molecule has 4 rings (SSSR count). The Morgan fingerprint density at radius 3 is 2.66 bits per heavy atom. The molecule has 2 heterocycles. The number of hydrogen-bond acceptors (Lipinski definition) is 9. The summed E-state index contributed by atoms with van der Waals surface area (Å²) in [6.07, 6.45) is 2.36. The first kappa shape index (κ1) is 27.1. The molecule has 0 fully saturated rings. The molecule has 0 saturated carbocycles. The fourth-order valence-corrected chi connectivity index (χ4v) is 3.75. The van der Waals surface area contributed by atoms with Gasteiger partial charge in [-0.25, -0.2) is 18.4 Å². The van der Waals surface area contributed by atoms with E-state index in [1.54, 1.807) is 0 Å². The van der Waals surface area contributed by atoms with Gasteiger partial charge in [0, 0.05) is 6.07 Å². The Morgan fingerprint density at radius 2 is 1.92 bits per heavy atom. The Labute approximate surface area is 217 Å². The average molecular weight is 547 g/mol. The molecule has 0 aliphatic carbocycles. The number of nitrogens with zero attached hydrogens (tertiary/aromatic N) is 4. The quantitative estimate of drug-likeness (QED) is 0.265. The van der Waals surface area contributed by atoms with Crippen LogP contribution in [0.2, 0.25) is 0 Å². The van der Waals surface area contributed by atoms with Gasteiger partial charge in [0.1, 0.15) is 48.3 Å². The third-order valence-corrected chi connectivity index (χ3v) is 6.42. The molecule has 0 spiro atoms. The van der Waals surface area contributed by atoms with Crippen LogP contribution in [0.3, 0.4) is 0 Å². The van der Waals surface area contributed by atoms with Gasteiger partial charge in [-0.3, -0.25) is 4.18 Å². The average Bonchev–Trinajstić information content (AvgIpc) is 3.35.